The molecule has 0 radical (unpaired) electrons. The summed E-state index contributed by atoms with van der Waals surface area (Å²) in [6.45, 7) is 9.99. The number of amides is 1. The Morgan fingerprint density at radius 2 is 2.09 bits per heavy atom. The molecule has 0 bridgehead atoms. The lowest BCUT2D eigenvalue weighted by Crippen LogP contribution is -2.47. The maximum atomic E-state index is 12.3. The maximum Gasteiger partial charge on any atom is 0.223 e. The van der Waals surface area contributed by atoms with E-state index in [-0.39, 0.29) is 35.8 Å². The monoisotopic (exact) mass is 319 g/mol. The van der Waals surface area contributed by atoms with Gasteiger partial charge in [0.05, 0.1) is 5.70 Å². The van der Waals surface area contributed by atoms with Crippen LogP contribution in [-0.4, -0.2) is 41.7 Å². The average molecular weight is 319 g/mol. The molecule has 6 nitrogen and oxygen atoms in total. The molecule has 6 heteroatoms. The van der Waals surface area contributed by atoms with E-state index in [1.807, 2.05) is 20.8 Å². The minimum Gasteiger partial charge on any atom is -0.405 e. The van der Waals surface area contributed by atoms with Crippen molar-refractivity contribution in [2.24, 2.45) is 22.1 Å². The zero-order valence-corrected chi connectivity index (χ0v) is 14.0. The van der Waals surface area contributed by atoms with Crippen molar-refractivity contribution in [3.8, 4) is 0 Å². The summed E-state index contributed by atoms with van der Waals surface area (Å²) >= 11 is 0. The fourth-order valence-electron chi connectivity index (χ4n) is 2.30. The maximum absolute atomic E-state index is 12.3. The van der Waals surface area contributed by atoms with Gasteiger partial charge in [0.25, 0.3) is 0 Å². The van der Waals surface area contributed by atoms with Gasteiger partial charge in [0.1, 0.15) is 11.7 Å². The van der Waals surface area contributed by atoms with E-state index in [0.717, 1.165) is 0 Å². The molecule has 0 saturated carbocycles. The Kier molecular flexibility index (Phi) is 6.42. The summed E-state index contributed by atoms with van der Waals surface area (Å²) in [7, 11) is 0. The Hall–Kier alpha value is -2.24. The molecule has 0 spiro atoms. The Bertz CT molecular complexity index is 556. The Labute approximate surface area is 137 Å². The van der Waals surface area contributed by atoms with Crippen LogP contribution in [0.3, 0.4) is 0 Å². The predicted octanol–water partition coefficient (Wildman–Crippen LogP) is 1.47. The molecule has 1 rings (SSSR count). The second kappa shape index (κ2) is 7.85. The molecular formula is C17H25N3O3. The lowest BCUT2D eigenvalue weighted by atomic mass is 9.88. The van der Waals surface area contributed by atoms with Gasteiger partial charge in [-0.15, -0.1) is 0 Å². The minimum absolute atomic E-state index is 0.00781. The lowest BCUT2D eigenvalue weighted by Gasteiger charge is -2.33. The van der Waals surface area contributed by atoms with Crippen LogP contribution in [0.15, 0.2) is 29.5 Å². The van der Waals surface area contributed by atoms with Crippen molar-refractivity contribution in [3.63, 3.8) is 0 Å². The SMILES string of the molecule is C=C(/N=C\C=C/N)C(=O)C1CN(C(=O)CC(C)(C)C)CCC1=O. The van der Waals surface area contributed by atoms with Gasteiger partial charge in [-0.25, -0.2) is 0 Å². The lowest BCUT2D eigenvalue weighted by molar-refractivity contribution is -0.141. The highest BCUT2D eigenvalue weighted by atomic mass is 16.2. The first-order valence-electron chi connectivity index (χ1n) is 7.60. The summed E-state index contributed by atoms with van der Waals surface area (Å²) in [5, 5.41) is 0. The highest BCUT2D eigenvalue weighted by Crippen LogP contribution is 2.23. The normalized spacial score (nSPS) is 19.5. The molecular weight excluding hydrogens is 294 g/mol. The number of nitrogens with two attached hydrogens (primary N) is 1. The summed E-state index contributed by atoms with van der Waals surface area (Å²) in [5.41, 5.74) is 5.03. The van der Waals surface area contributed by atoms with Crippen LogP contribution in [0.4, 0.5) is 0 Å². The molecule has 1 heterocycles. The molecule has 1 unspecified atom stereocenters. The van der Waals surface area contributed by atoms with Crippen molar-refractivity contribution in [2.45, 2.75) is 33.6 Å². The first kappa shape index (κ1) is 18.8. The van der Waals surface area contributed by atoms with Crippen molar-refractivity contribution in [2.75, 3.05) is 13.1 Å². The number of allylic oxidation sites excluding steroid dienone is 2. The number of nitrogens with zero attached hydrogens (tertiary/aromatic N) is 2. The second-order valence-corrected chi connectivity index (χ2v) is 6.82. The van der Waals surface area contributed by atoms with Gasteiger partial charge in [-0.3, -0.25) is 19.4 Å². The molecule has 1 aliphatic rings. The summed E-state index contributed by atoms with van der Waals surface area (Å²) in [6, 6.07) is 0. The van der Waals surface area contributed by atoms with Crippen LogP contribution >= 0.6 is 0 Å². The van der Waals surface area contributed by atoms with Crippen molar-refractivity contribution in [1.82, 2.24) is 4.90 Å². The molecule has 1 fully saturated rings. The van der Waals surface area contributed by atoms with Crippen LogP contribution in [0.5, 0.6) is 0 Å². The van der Waals surface area contributed by atoms with Crippen LogP contribution in [0.1, 0.15) is 33.6 Å². The van der Waals surface area contributed by atoms with Gasteiger partial charge < -0.3 is 10.6 Å². The molecule has 1 atom stereocenters. The van der Waals surface area contributed by atoms with Crippen molar-refractivity contribution < 1.29 is 14.4 Å². The van der Waals surface area contributed by atoms with Gasteiger partial charge in [0.15, 0.2) is 5.78 Å². The number of hydrogen-bond donors (Lipinski definition) is 1. The molecule has 0 aromatic carbocycles. The number of hydrogen-bond acceptors (Lipinski definition) is 5. The van der Waals surface area contributed by atoms with Gasteiger partial charge in [-0.2, -0.15) is 0 Å². The van der Waals surface area contributed by atoms with Crippen LogP contribution in [0.25, 0.3) is 0 Å². The smallest absolute Gasteiger partial charge is 0.223 e. The molecule has 2 N–H and O–H groups in total. The van der Waals surface area contributed by atoms with Crippen molar-refractivity contribution in [1.29, 1.82) is 0 Å². The van der Waals surface area contributed by atoms with Crippen LogP contribution in [0, 0.1) is 11.3 Å². The van der Waals surface area contributed by atoms with Crippen molar-refractivity contribution in [3.05, 3.63) is 24.6 Å². The van der Waals surface area contributed by atoms with E-state index in [0.29, 0.717) is 13.0 Å². The van der Waals surface area contributed by atoms with E-state index in [1.165, 1.54) is 18.5 Å². The number of Topliss-reactive ketones (excluding diaryl/α,β-unsaturated/α-hetero) is 2. The Morgan fingerprint density at radius 1 is 1.43 bits per heavy atom. The summed E-state index contributed by atoms with van der Waals surface area (Å²) in [6.07, 6.45) is 4.64. The quantitative estimate of drug-likeness (QED) is 0.472. The first-order valence-corrected chi connectivity index (χ1v) is 7.60. The summed E-state index contributed by atoms with van der Waals surface area (Å²) < 4.78 is 0. The van der Waals surface area contributed by atoms with E-state index >= 15 is 0 Å². The predicted molar refractivity (Wildman–Crippen MR) is 89.7 cm³/mol. The first-order chi connectivity index (χ1) is 10.7. The third-order valence-corrected chi connectivity index (χ3v) is 3.48. The van der Waals surface area contributed by atoms with Crippen LogP contribution < -0.4 is 5.73 Å². The molecule has 0 aromatic heterocycles. The second-order valence-electron chi connectivity index (χ2n) is 6.82. The van der Waals surface area contributed by atoms with Gasteiger partial charge in [0.2, 0.25) is 5.91 Å². The summed E-state index contributed by atoms with van der Waals surface area (Å²) in [5.74, 6) is -1.52. The minimum atomic E-state index is -0.876. The molecule has 126 valence electrons. The van der Waals surface area contributed by atoms with Gasteiger partial charge in [-0.1, -0.05) is 27.4 Å². The van der Waals surface area contributed by atoms with Crippen molar-refractivity contribution >= 4 is 23.7 Å². The standard InChI is InChI=1S/C17H25N3O3/c1-12(19-8-5-7-18)16(23)13-11-20(9-6-14(13)21)15(22)10-17(2,3)4/h5,7-8,13H,1,6,9-11,18H2,2-4H3/b7-5-,19-8-. The molecule has 1 amide bonds. The largest absolute Gasteiger partial charge is 0.405 e. The van der Waals surface area contributed by atoms with E-state index < -0.39 is 11.7 Å². The zero-order valence-electron chi connectivity index (χ0n) is 14.0. The van der Waals surface area contributed by atoms with Gasteiger partial charge in [0, 0.05) is 32.1 Å². The number of likely N-dealkylation sites (tertiary alicyclic amines) is 1. The van der Waals surface area contributed by atoms with E-state index in [2.05, 4.69) is 11.6 Å². The van der Waals surface area contributed by atoms with E-state index in [1.54, 1.807) is 4.90 Å². The third kappa shape index (κ3) is 5.81. The third-order valence-electron chi connectivity index (χ3n) is 3.48. The highest BCUT2D eigenvalue weighted by molar-refractivity contribution is 6.11. The molecule has 1 aliphatic heterocycles. The fourth-order valence-corrected chi connectivity index (χ4v) is 2.30. The zero-order chi connectivity index (χ0) is 17.6. The number of rotatable bonds is 5. The molecule has 23 heavy (non-hydrogen) atoms. The average Bonchev–Trinajstić information content (AvgIpc) is 2.45. The van der Waals surface area contributed by atoms with E-state index in [4.69, 9.17) is 5.73 Å². The number of carbonyl (C=O) groups excluding carboxylic acids is 3. The van der Waals surface area contributed by atoms with E-state index in [9.17, 15) is 14.4 Å². The van der Waals surface area contributed by atoms with Gasteiger partial charge in [-0.05, 0) is 17.7 Å². The fraction of sp³-hybridized carbons (Fsp3) is 0.529. The molecule has 0 aliphatic carbocycles. The topological polar surface area (TPSA) is 92.8 Å². The van der Waals surface area contributed by atoms with Gasteiger partial charge >= 0.3 is 0 Å². The van der Waals surface area contributed by atoms with Crippen LogP contribution in [0.2, 0.25) is 0 Å². The molecule has 1 saturated heterocycles. The number of ketones is 2. The highest BCUT2D eigenvalue weighted by Gasteiger charge is 2.36. The number of piperidine rings is 1. The summed E-state index contributed by atoms with van der Waals surface area (Å²) in [4.78, 5) is 42.1. The Morgan fingerprint density at radius 3 is 2.65 bits per heavy atom. The molecule has 0 aromatic rings. The Balaban J connectivity index is 2.78. The number of carbonyl (C=O) groups is 3. The number of aliphatic imine (C=N–C) groups is 1. The van der Waals surface area contributed by atoms with Crippen LogP contribution in [-0.2, 0) is 14.4 Å².